The van der Waals surface area contributed by atoms with Crippen LogP contribution in [0.1, 0.15) is 32.6 Å². The minimum atomic E-state index is 0.451. The van der Waals surface area contributed by atoms with Gasteiger partial charge in [-0.05, 0) is 50.0 Å². The lowest BCUT2D eigenvalue weighted by Gasteiger charge is -2.28. The van der Waals surface area contributed by atoms with Gasteiger partial charge in [0.15, 0.2) is 0 Å². The van der Waals surface area contributed by atoms with Crippen LogP contribution in [-0.2, 0) is 0 Å². The maximum atomic E-state index is 5.66. The molecule has 3 rings (SSSR count). The zero-order valence-electron chi connectivity index (χ0n) is 10.3. The molecule has 0 amide bonds. The van der Waals surface area contributed by atoms with Gasteiger partial charge in [0.05, 0.1) is 0 Å². The van der Waals surface area contributed by atoms with Crippen molar-refractivity contribution in [1.29, 1.82) is 0 Å². The molecule has 1 heterocycles. The van der Waals surface area contributed by atoms with Crippen LogP contribution in [0.5, 0.6) is 0 Å². The largest absolute Gasteiger partial charge is 0.384 e. The smallest absolute Gasteiger partial charge is 0.224 e. The summed E-state index contributed by atoms with van der Waals surface area (Å²) in [4.78, 5) is 8.41. The van der Waals surface area contributed by atoms with E-state index in [1.165, 1.54) is 25.7 Å². The molecule has 92 valence electrons. The molecule has 0 spiro atoms. The summed E-state index contributed by atoms with van der Waals surface area (Å²) in [6.07, 6.45) is 7.38. The van der Waals surface area contributed by atoms with Crippen LogP contribution in [0.4, 0.5) is 11.8 Å². The molecular weight excluding hydrogens is 212 g/mol. The number of nitrogens with one attached hydrogen (secondary N) is 1. The van der Waals surface area contributed by atoms with Crippen LogP contribution >= 0.6 is 0 Å². The first-order valence-corrected chi connectivity index (χ1v) is 6.57. The van der Waals surface area contributed by atoms with Crippen molar-refractivity contribution in [3.8, 4) is 0 Å². The van der Waals surface area contributed by atoms with Gasteiger partial charge in [0, 0.05) is 12.2 Å². The topological polar surface area (TPSA) is 63.8 Å². The number of rotatable bonds is 3. The number of anilines is 2. The van der Waals surface area contributed by atoms with Crippen molar-refractivity contribution < 1.29 is 0 Å². The molecule has 0 saturated heterocycles. The van der Waals surface area contributed by atoms with Crippen LogP contribution in [0.2, 0.25) is 0 Å². The molecule has 2 aliphatic rings. The average Bonchev–Trinajstić information content (AvgIpc) is 2.90. The highest BCUT2D eigenvalue weighted by molar-refractivity contribution is 5.35. The maximum absolute atomic E-state index is 5.66. The Kier molecular flexibility index (Phi) is 2.65. The maximum Gasteiger partial charge on any atom is 0.224 e. The SMILES string of the molecule is CC(Nc1nccc(N)n1)C1CC2CCC1C2. The van der Waals surface area contributed by atoms with Crippen molar-refractivity contribution in [1.82, 2.24) is 9.97 Å². The molecule has 1 aromatic heterocycles. The predicted octanol–water partition coefficient (Wildman–Crippen LogP) is 2.30. The number of nitrogens with zero attached hydrogens (tertiary/aromatic N) is 2. The van der Waals surface area contributed by atoms with E-state index < -0.39 is 0 Å². The minimum Gasteiger partial charge on any atom is -0.384 e. The predicted molar refractivity (Wildman–Crippen MR) is 68.5 cm³/mol. The second-order valence-electron chi connectivity index (χ2n) is 5.58. The molecule has 4 unspecified atom stereocenters. The summed E-state index contributed by atoms with van der Waals surface area (Å²) in [5.74, 6) is 3.89. The monoisotopic (exact) mass is 232 g/mol. The molecule has 2 saturated carbocycles. The quantitative estimate of drug-likeness (QED) is 0.839. The Morgan fingerprint density at radius 1 is 1.41 bits per heavy atom. The highest BCUT2D eigenvalue weighted by Gasteiger charge is 2.41. The molecule has 3 N–H and O–H groups in total. The van der Waals surface area contributed by atoms with Gasteiger partial charge in [-0.15, -0.1) is 0 Å². The van der Waals surface area contributed by atoms with E-state index in [0.717, 1.165) is 17.8 Å². The molecular formula is C13H20N4. The summed E-state index contributed by atoms with van der Waals surface area (Å²) >= 11 is 0. The molecule has 0 radical (unpaired) electrons. The summed E-state index contributed by atoms with van der Waals surface area (Å²) in [5, 5.41) is 3.41. The van der Waals surface area contributed by atoms with E-state index in [0.29, 0.717) is 17.8 Å². The van der Waals surface area contributed by atoms with Crippen molar-refractivity contribution in [2.24, 2.45) is 17.8 Å². The number of hydrogen-bond donors (Lipinski definition) is 2. The number of nitrogens with two attached hydrogens (primary N) is 1. The van der Waals surface area contributed by atoms with E-state index in [9.17, 15) is 0 Å². The van der Waals surface area contributed by atoms with Gasteiger partial charge in [-0.3, -0.25) is 0 Å². The Labute approximate surface area is 102 Å². The Balaban J connectivity index is 1.65. The average molecular weight is 232 g/mol. The van der Waals surface area contributed by atoms with E-state index in [-0.39, 0.29) is 0 Å². The fourth-order valence-corrected chi connectivity index (χ4v) is 3.66. The molecule has 4 atom stereocenters. The van der Waals surface area contributed by atoms with Crippen LogP contribution < -0.4 is 11.1 Å². The Bertz CT molecular complexity index is 406. The van der Waals surface area contributed by atoms with Gasteiger partial charge in [0.2, 0.25) is 5.95 Å². The number of fused-ring (bicyclic) bond motifs is 2. The first kappa shape index (κ1) is 10.8. The van der Waals surface area contributed by atoms with Crippen molar-refractivity contribution in [3.05, 3.63) is 12.3 Å². The van der Waals surface area contributed by atoms with Crippen LogP contribution in [0.25, 0.3) is 0 Å². The summed E-state index contributed by atoms with van der Waals surface area (Å²) in [5.41, 5.74) is 5.66. The molecule has 0 aromatic carbocycles. The lowest BCUT2D eigenvalue weighted by atomic mass is 9.84. The standard InChI is InChI=1S/C13H20N4/c1-8(11-7-9-2-3-10(11)6-9)16-13-15-5-4-12(14)17-13/h4-5,8-11H,2-3,6-7H2,1H3,(H3,14,15,16,17). The molecule has 0 aliphatic heterocycles. The summed E-state index contributed by atoms with van der Waals surface area (Å²) in [6.45, 7) is 2.25. The van der Waals surface area contributed by atoms with Gasteiger partial charge in [-0.2, -0.15) is 4.98 Å². The van der Waals surface area contributed by atoms with E-state index in [1.54, 1.807) is 12.3 Å². The Morgan fingerprint density at radius 2 is 2.29 bits per heavy atom. The van der Waals surface area contributed by atoms with E-state index in [1.807, 2.05) is 0 Å². The zero-order valence-corrected chi connectivity index (χ0v) is 10.3. The number of hydrogen-bond acceptors (Lipinski definition) is 4. The zero-order chi connectivity index (χ0) is 11.8. The summed E-state index contributed by atoms with van der Waals surface area (Å²) in [7, 11) is 0. The summed E-state index contributed by atoms with van der Waals surface area (Å²) in [6, 6.07) is 2.17. The second kappa shape index (κ2) is 4.17. The third-order valence-corrected chi connectivity index (χ3v) is 4.47. The van der Waals surface area contributed by atoms with Gasteiger partial charge < -0.3 is 11.1 Å². The third-order valence-electron chi connectivity index (χ3n) is 4.47. The molecule has 4 heteroatoms. The van der Waals surface area contributed by atoms with Crippen molar-refractivity contribution in [2.45, 2.75) is 38.6 Å². The third kappa shape index (κ3) is 2.08. The van der Waals surface area contributed by atoms with E-state index in [2.05, 4.69) is 22.2 Å². The Hall–Kier alpha value is -1.32. The molecule has 1 aromatic rings. The van der Waals surface area contributed by atoms with Gasteiger partial charge in [0.1, 0.15) is 5.82 Å². The normalized spacial score (nSPS) is 32.6. The van der Waals surface area contributed by atoms with Gasteiger partial charge in [-0.1, -0.05) is 6.42 Å². The second-order valence-corrected chi connectivity index (χ2v) is 5.58. The van der Waals surface area contributed by atoms with Crippen LogP contribution in [-0.4, -0.2) is 16.0 Å². The molecule has 2 bridgehead atoms. The lowest BCUT2D eigenvalue weighted by molar-refractivity contribution is 0.303. The van der Waals surface area contributed by atoms with Crippen LogP contribution in [0, 0.1) is 17.8 Å². The molecule has 17 heavy (non-hydrogen) atoms. The van der Waals surface area contributed by atoms with Crippen molar-refractivity contribution in [2.75, 3.05) is 11.1 Å². The van der Waals surface area contributed by atoms with E-state index in [4.69, 9.17) is 5.73 Å². The van der Waals surface area contributed by atoms with E-state index >= 15 is 0 Å². The fourth-order valence-electron chi connectivity index (χ4n) is 3.66. The van der Waals surface area contributed by atoms with Crippen LogP contribution in [0.3, 0.4) is 0 Å². The summed E-state index contributed by atoms with van der Waals surface area (Å²) < 4.78 is 0. The highest BCUT2D eigenvalue weighted by Crippen LogP contribution is 2.49. The molecule has 2 fully saturated rings. The minimum absolute atomic E-state index is 0.451. The lowest BCUT2D eigenvalue weighted by Crippen LogP contribution is -2.30. The van der Waals surface area contributed by atoms with Gasteiger partial charge in [0.25, 0.3) is 0 Å². The first-order valence-electron chi connectivity index (χ1n) is 6.57. The van der Waals surface area contributed by atoms with Crippen LogP contribution in [0.15, 0.2) is 12.3 Å². The first-order chi connectivity index (χ1) is 8.22. The fraction of sp³-hybridized carbons (Fsp3) is 0.692. The molecule has 2 aliphatic carbocycles. The van der Waals surface area contributed by atoms with Gasteiger partial charge in [-0.25, -0.2) is 4.98 Å². The van der Waals surface area contributed by atoms with Gasteiger partial charge >= 0.3 is 0 Å². The Morgan fingerprint density at radius 3 is 2.94 bits per heavy atom. The highest BCUT2D eigenvalue weighted by atomic mass is 15.1. The van der Waals surface area contributed by atoms with Crippen molar-refractivity contribution in [3.63, 3.8) is 0 Å². The number of nitrogen functional groups attached to an aromatic ring is 1. The molecule has 4 nitrogen and oxygen atoms in total. The number of aromatic nitrogens is 2. The van der Waals surface area contributed by atoms with Crippen molar-refractivity contribution >= 4 is 11.8 Å².